The number of nitrogens with two attached hydrogens (primary N) is 1. The normalized spacial score (nSPS) is 15.1. The summed E-state index contributed by atoms with van der Waals surface area (Å²) in [6.45, 7) is 10.1. The van der Waals surface area contributed by atoms with Gasteiger partial charge in [-0.1, -0.05) is 32.4 Å². The Balaban J connectivity index is 3.63. The van der Waals surface area contributed by atoms with Crippen LogP contribution in [0.15, 0.2) is 27.1 Å². The number of nitrogens with zero attached hydrogens (tertiary/aromatic N) is 1. The third-order valence-electron chi connectivity index (χ3n) is 3.86. The fourth-order valence-electron chi connectivity index (χ4n) is 1.54. The van der Waals surface area contributed by atoms with E-state index in [-0.39, 0.29) is 15.5 Å². The molecule has 1 rings (SSSR count). The monoisotopic (exact) mass is 362 g/mol. The summed E-state index contributed by atoms with van der Waals surface area (Å²) < 4.78 is 22.2. The number of ether oxygens (including phenoxy) is 1. The molecular weight excluding hydrogens is 340 g/mol. The second-order valence-electron chi connectivity index (χ2n) is 6.60. The predicted octanol–water partition coefficient (Wildman–Crippen LogP) is 3.83. The van der Waals surface area contributed by atoms with Gasteiger partial charge in [0.1, 0.15) is 9.92 Å². The van der Waals surface area contributed by atoms with E-state index in [1.54, 1.807) is 0 Å². The highest BCUT2D eigenvalue weighted by atomic mass is 35.5. The van der Waals surface area contributed by atoms with Gasteiger partial charge in [0.15, 0.2) is 8.24 Å². The summed E-state index contributed by atoms with van der Waals surface area (Å²) in [5, 5.41) is 6.23. The van der Waals surface area contributed by atoms with E-state index in [2.05, 4.69) is 4.03 Å². The van der Waals surface area contributed by atoms with Gasteiger partial charge in [-0.2, -0.15) is 0 Å². The molecule has 0 saturated heterocycles. The Hall–Kier alpha value is -0.893. The van der Waals surface area contributed by atoms with Gasteiger partial charge >= 0.3 is 5.97 Å². The standard InChI is InChI=1S/C14H23ClN2O3SSi/c1-14(2,3)22(5,6)17-21(16,19)12-9-10(15)7-8-11(12)13(18)20-4/h7-9H,1-6H3,(H2,16,17,19). The molecule has 0 heterocycles. The third-order valence-corrected chi connectivity index (χ3v) is 11.6. The predicted molar refractivity (Wildman–Crippen MR) is 93.0 cm³/mol. The topological polar surface area (TPSA) is 81.8 Å². The molecule has 22 heavy (non-hydrogen) atoms. The third kappa shape index (κ3) is 4.10. The maximum absolute atomic E-state index is 13.0. The summed E-state index contributed by atoms with van der Waals surface area (Å²) in [6, 6.07) is 4.41. The van der Waals surface area contributed by atoms with E-state index in [0.717, 1.165) is 0 Å². The quantitative estimate of drug-likeness (QED) is 0.655. The van der Waals surface area contributed by atoms with Crippen LogP contribution in [0.25, 0.3) is 0 Å². The van der Waals surface area contributed by atoms with Crippen molar-refractivity contribution in [2.45, 2.75) is 43.8 Å². The zero-order chi connectivity index (χ0) is 17.3. The Kier molecular flexibility index (Phi) is 5.49. The molecule has 8 heteroatoms. The van der Waals surface area contributed by atoms with Crippen LogP contribution in [0.2, 0.25) is 23.2 Å². The summed E-state index contributed by atoms with van der Waals surface area (Å²) in [4.78, 5) is 12.0. The van der Waals surface area contributed by atoms with Gasteiger partial charge < -0.3 is 4.74 Å². The van der Waals surface area contributed by atoms with Crippen LogP contribution in [0, 0.1) is 0 Å². The molecule has 0 amide bonds. The van der Waals surface area contributed by atoms with Crippen LogP contribution in [0.3, 0.4) is 0 Å². The first-order valence-corrected chi connectivity index (χ1v) is 11.7. The molecular formula is C14H23ClN2O3SSi. The molecule has 0 radical (unpaired) electrons. The van der Waals surface area contributed by atoms with Crippen molar-refractivity contribution in [1.29, 1.82) is 0 Å². The first-order valence-electron chi connectivity index (χ1n) is 6.76. The van der Waals surface area contributed by atoms with Gasteiger partial charge in [-0.25, -0.2) is 14.1 Å². The van der Waals surface area contributed by atoms with Crippen LogP contribution >= 0.6 is 11.6 Å². The molecule has 0 spiro atoms. The van der Waals surface area contributed by atoms with Crippen molar-refractivity contribution in [2.24, 2.45) is 9.17 Å². The van der Waals surface area contributed by atoms with Gasteiger partial charge in [0.05, 0.1) is 17.6 Å². The van der Waals surface area contributed by atoms with Crippen molar-refractivity contribution in [3.63, 3.8) is 0 Å². The zero-order valence-electron chi connectivity index (χ0n) is 13.8. The van der Waals surface area contributed by atoms with Crippen LogP contribution in [0.5, 0.6) is 0 Å². The second kappa shape index (κ2) is 6.31. The molecule has 2 N–H and O–H groups in total. The first kappa shape index (κ1) is 19.2. The minimum atomic E-state index is -3.26. The van der Waals surface area contributed by atoms with Gasteiger partial charge in [-0.05, 0) is 36.3 Å². The molecule has 1 aromatic carbocycles. The molecule has 0 fully saturated rings. The number of hydrogen-bond donors (Lipinski definition) is 1. The molecule has 0 bridgehead atoms. The summed E-state index contributed by atoms with van der Waals surface area (Å²) in [7, 11) is -4.28. The van der Waals surface area contributed by atoms with Crippen LogP contribution in [-0.4, -0.2) is 25.5 Å². The summed E-state index contributed by atoms with van der Waals surface area (Å²) in [6.07, 6.45) is 0. The Morgan fingerprint density at radius 3 is 2.36 bits per heavy atom. The highest BCUT2D eigenvalue weighted by Gasteiger charge is 2.37. The van der Waals surface area contributed by atoms with Gasteiger partial charge in [0, 0.05) is 5.02 Å². The number of carbonyl (C=O) groups is 1. The van der Waals surface area contributed by atoms with E-state index in [1.165, 1.54) is 25.3 Å². The number of hydrogen-bond acceptors (Lipinski definition) is 4. The lowest BCUT2D eigenvalue weighted by atomic mass is 10.2. The van der Waals surface area contributed by atoms with Crippen molar-refractivity contribution in [1.82, 2.24) is 0 Å². The highest BCUT2D eigenvalue weighted by Crippen LogP contribution is 2.38. The number of carbonyl (C=O) groups excluding carboxylic acids is 1. The van der Waals surface area contributed by atoms with E-state index in [9.17, 15) is 9.00 Å². The van der Waals surface area contributed by atoms with Crippen LogP contribution < -0.4 is 5.14 Å². The largest absolute Gasteiger partial charge is 0.465 e. The SMILES string of the molecule is COC(=O)c1ccc(Cl)cc1S(N)(=O)=N[Si](C)(C)C(C)(C)C. The molecule has 1 aromatic rings. The molecule has 0 aliphatic rings. The highest BCUT2D eigenvalue weighted by molar-refractivity contribution is 7.92. The van der Waals surface area contributed by atoms with Crippen LogP contribution in [0.4, 0.5) is 0 Å². The number of esters is 1. The van der Waals surface area contributed by atoms with Gasteiger partial charge in [-0.15, -0.1) is 0 Å². The minimum absolute atomic E-state index is 0.122. The van der Waals surface area contributed by atoms with Crippen LogP contribution in [-0.2, 0) is 14.7 Å². The number of rotatable bonds is 3. The smallest absolute Gasteiger partial charge is 0.339 e. The lowest BCUT2D eigenvalue weighted by molar-refractivity contribution is 0.0596. The molecule has 1 atom stereocenters. The summed E-state index contributed by atoms with van der Waals surface area (Å²) >= 11 is 5.97. The van der Waals surface area contributed by atoms with Crippen molar-refractivity contribution in [3.8, 4) is 0 Å². The minimum Gasteiger partial charge on any atom is -0.465 e. The van der Waals surface area contributed by atoms with E-state index >= 15 is 0 Å². The van der Waals surface area contributed by atoms with E-state index < -0.39 is 24.1 Å². The fourth-order valence-corrected chi connectivity index (χ4v) is 6.74. The Morgan fingerprint density at radius 2 is 1.91 bits per heavy atom. The molecule has 1 unspecified atom stereocenters. The Bertz CT molecular complexity index is 705. The molecule has 0 saturated carbocycles. The maximum Gasteiger partial charge on any atom is 0.339 e. The van der Waals surface area contributed by atoms with E-state index in [4.69, 9.17) is 21.5 Å². The summed E-state index contributed by atoms with van der Waals surface area (Å²) in [5.74, 6) is -0.615. The number of methoxy groups -OCH3 is 1. The van der Waals surface area contributed by atoms with Gasteiger partial charge in [0.2, 0.25) is 0 Å². The van der Waals surface area contributed by atoms with Crippen molar-refractivity contribution in [3.05, 3.63) is 28.8 Å². The molecule has 0 aliphatic carbocycles. The zero-order valence-corrected chi connectivity index (χ0v) is 16.3. The lowest BCUT2D eigenvalue weighted by Gasteiger charge is -2.32. The fraction of sp³-hybridized carbons (Fsp3) is 0.500. The summed E-state index contributed by atoms with van der Waals surface area (Å²) in [5.41, 5.74) is 0.127. The average molecular weight is 363 g/mol. The van der Waals surface area contributed by atoms with Gasteiger partial charge in [0.25, 0.3) is 0 Å². The van der Waals surface area contributed by atoms with E-state index in [0.29, 0.717) is 5.02 Å². The second-order valence-corrected chi connectivity index (χ2v) is 14.0. The molecule has 5 nitrogen and oxygen atoms in total. The maximum atomic E-state index is 13.0. The van der Waals surface area contributed by atoms with Gasteiger partial charge in [-0.3, -0.25) is 4.03 Å². The van der Waals surface area contributed by atoms with E-state index in [1.807, 2.05) is 33.9 Å². The number of benzene rings is 1. The first-order chi connectivity index (χ1) is 9.82. The van der Waals surface area contributed by atoms with Crippen molar-refractivity contribution >= 4 is 35.7 Å². The van der Waals surface area contributed by atoms with Crippen molar-refractivity contribution < 1.29 is 13.7 Å². The molecule has 0 aromatic heterocycles. The van der Waals surface area contributed by atoms with Crippen LogP contribution in [0.1, 0.15) is 31.1 Å². The average Bonchev–Trinajstić information content (AvgIpc) is 2.35. The van der Waals surface area contributed by atoms with Crippen molar-refractivity contribution in [2.75, 3.05) is 7.11 Å². The molecule has 124 valence electrons. The molecule has 0 aliphatic heterocycles. The number of halogens is 1. The Morgan fingerprint density at radius 1 is 1.36 bits per heavy atom. The lowest BCUT2D eigenvalue weighted by Crippen LogP contribution is -2.37. The Labute approximate surface area is 138 Å².